The monoisotopic (exact) mass is 306 g/mol. The van der Waals surface area contributed by atoms with E-state index in [0.29, 0.717) is 21.4 Å². The van der Waals surface area contributed by atoms with Gasteiger partial charge in [0.2, 0.25) is 0 Å². The fourth-order valence-electron chi connectivity index (χ4n) is 1.79. The van der Waals surface area contributed by atoms with E-state index in [1.54, 1.807) is 25.3 Å². The zero-order chi connectivity index (χ0) is 14.5. The first kappa shape index (κ1) is 14.5. The molecule has 0 radical (unpaired) electrons. The maximum atomic E-state index is 9.33. The summed E-state index contributed by atoms with van der Waals surface area (Å²) in [6.45, 7) is 0. The lowest BCUT2D eigenvalue weighted by Gasteiger charge is -2.15. The molecule has 0 aromatic heterocycles. The van der Waals surface area contributed by atoms with Gasteiger partial charge in [0, 0.05) is 27.4 Å². The maximum Gasteiger partial charge on any atom is 0.141 e. The molecule has 0 heterocycles. The van der Waals surface area contributed by atoms with Crippen molar-refractivity contribution < 1.29 is 4.74 Å². The first-order chi connectivity index (χ1) is 9.63. The predicted octanol–water partition coefficient (Wildman–Crippen LogP) is 4.68. The summed E-state index contributed by atoms with van der Waals surface area (Å²) in [5.41, 5.74) is 1.46. The van der Waals surface area contributed by atoms with Gasteiger partial charge in [0.05, 0.1) is 13.2 Å². The number of anilines is 1. The molecule has 0 saturated heterocycles. The number of hydrogen-bond acceptors (Lipinski definition) is 3. The van der Waals surface area contributed by atoms with Crippen LogP contribution >= 0.6 is 23.2 Å². The number of methoxy groups -OCH3 is 1. The molecular formula is C15H12Cl2N2O. The zero-order valence-electron chi connectivity index (χ0n) is 10.7. The zero-order valence-corrected chi connectivity index (χ0v) is 12.2. The minimum Gasteiger partial charge on any atom is -0.497 e. The van der Waals surface area contributed by atoms with Crippen LogP contribution in [0, 0.1) is 11.3 Å². The van der Waals surface area contributed by atoms with Gasteiger partial charge in [-0.15, -0.1) is 0 Å². The summed E-state index contributed by atoms with van der Waals surface area (Å²) in [6.07, 6.45) is 0. The Hall–Kier alpha value is -1.89. The molecule has 0 saturated carbocycles. The molecule has 0 bridgehead atoms. The normalized spacial score (nSPS) is 11.5. The summed E-state index contributed by atoms with van der Waals surface area (Å²) in [5.74, 6) is 0.717. The molecule has 1 N–H and O–H groups in total. The molecular weight excluding hydrogens is 295 g/mol. The number of benzene rings is 2. The van der Waals surface area contributed by atoms with Crippen LogP contribution in [0.15, 0.2) is 42.5 Å². The predicted molar refractivity (Wildman–Crippen MR) is 81.4 cm³/mol. The van der Waals surface area contributed by atoms with Crippen molar-refractivity contribution in [2.45, 2.75) is 6.04 Å². The fraction of sp³-hybridized carbons (Fsp3) is 0.133. The van der Waals surface area contributed by atoms with Crippen LogP contribution < -0.4 is 10.1 Å². The van der Waals surface area contributed by atoms with E-state index in [-0.39, 0.29) is 0 Å². The van der Waals surface area contributed by atoms with Crippen molar-refractivity contribution in [2.24, 2.45) is 0 Å². The average Bonchev–Trinajstić information content (AvgIpc) is 2.45. The summed E-state index contributed by atoms with van der Waals surface area (Å²) in [7, 11) is 1.59. The Morgan fingerprint density at radius 2 is 2.00 bits per heavy atom. The Bertz CT molecular complexity index is 653. The van der Waals surface area contributed by atoms with Crippen molar-refractivity contribution in [3.05, 3.63) is 58.1 Å². The van der Waals surface area contributed by atoms with Gasteiger partial charge in [-0.2, -0.15) is 5.26 Å². The van der Waals surface area contributed by atoms with Gasteiger partial charge in [-0.05, 0) is 24.3 Å². The third-order valence-corrected chi connectivity index (χ3v) is 3.35. The maximum absolute atomic E-state index is 9.33. The molecule has 2 aromatic rings. The van der Waals surface area contributed by atoms with Gasteiger partial charge in [-0.25, -0.2) is 0 Å². The van der Waals surface area contributed by atoms with E-state index in [4.69, 9.17) is 27.9 Å². The van der Waals surface area contributed by atoms with Crippen molar-refractivity contribution in [3.8, 4) is 11.8 Å². The highest BCUT2D eigenvalue weighted by Crippen LogP contribution is 2.29. The molecule has 20 heavy (non-hydrogen) atoms. The molecule has 1 atom stereocenters. The largest absolute Gasteiger partial charge is 0.497 e. The molecule has 0 aliphatic rings. The molecule has 0 amide bonds. The SMILES string of the molecule is COc1cccc(NC(C#N)c2ccc(Cl)cc2Cl)c1. The lowest BCUT2D eigenvalue weighted by atomic mass is 10.1. The summed E-state index contributed by atoms with van der Waals surface area (Å²) >= 11 is 12.0. The van der Waals surface area contributed by atoms with Crippen molar-refractivity contribution in [1.82, 2.24) is 0 Å². The first-order valence-corrected chi connectivity index (χ1v) is 6.65. The molecule has 5 heteroatoms. The van der Waals surface area contributed by atoms with Gasteiger partial charge >= 0.3 is 0 Å². The van der Waals surface area contributed by atoms with Gasteiger partial charge in [0.25, 0.3) is 0 Å². The topological polar surface area (TPSA) is 45.0 Å². The Labute approximate surface area is 127 Å². The van der Waals surface area contributed by atoms with Gasteiger partial charge in [0.1, 0.15) is 11.8 Å². The van der Waals surface area contributed by atoms with Crippen molar-refractivity contribution >= 4 is 28.9 Å². The highest BCUT2D eigenvalue weighted by molar-refractivity contribution is 6.35. The minimum absolute atomic E-state index is 0.458. The van der Waals surface area contributed by atoms with Gasteiger partial charge in [-0.3, -0.25) is 0 Å². The Kier molecular flexibility index (Phi) is 4.73. The lowest BCUT2D eigenvalue weighted by Crippen LogP contribution is -2.09. The highest BCUT2D eigenvalue weighted by atomic mass is 35.5. The van der Waals surface area contributed by atoms with Crippen LogP contribution in [0.4, 0.5) is 5.69 Å². The van der Waals surface area contributed by atoms with E-state index in [2.05, 4.69) is 11.4 Å². The van der Waals surface area contributed by atoms with Crippen molar-refractivity contribution in [1.29, 1.82) is 5.26 Å². The third kappa shape index (κ3) is 3.36. The summed E-state index contributed by atoms with van der Waals surface area (Å²) < 4.78 is 5.15. The summed E-state index contributed by atoms with van der Waals surface area (Å²) in [6, 6.07) is 14.0. The van der Waals surface area contributed by atoms with E-state index in [1.165, 1.54) is 0 Å². The van der Waals surface area contributed by atoms with Crippen molar-refractivity contribution in [2.75, 3.05) is 12.4 Å². The summed E-state index contributed by atoms with van der Waals surface area (Å²) in [5, 5.41) is 13.4. The first-order valence-electron chi connectivity index (χ1n) is 5.89. The van der Waals surface area contributed by atoms with E-state index < -0.39 is 6.04 Å². The third-order valence-electron chi connectivity index (χ3n) is 2.78. The number of hydrogen-bond donors (Lipinski definition) is 1. The lowest BCUT2D eigenvalue weighted by molar-refractivity contribution is 0.415. The molecule has 0 aliphatic carbocycles. The Balaban J connectivity index is 2.27. The Morgan fingerprint density at radius 3 is 2.65 bits per heavy atom. The quantitative estimate of drug-likeness (QED) is 0.892. The highest BCUT2D eigenvalue weighted by Gasteiger charge is 2.14. The number of nitriles is 1. The van der Waals surface area contributed by atoms with E-state index in [9.17, 15) is 5.26 Å². The standard InChI is InChI=1S/C15H12Cl2N2O/c1-20-12-4-2-3-11(8-12)19-15(9-18)13-6-5-10(16)7-14(13)17/h2-8,15,19H,1H3. The van der Waals surface area contributed by atoms with E-state index >= 15 is 0 Å². The van der Waals surface area contributed by atoms with Crippen LogP contribution in [-0.2, 0) is 0 Å². The second kappa shape index (κ2) is 6.51. The van der Waals surface area contributed by atoms with Crippen LogP contribution in [0.2, 0.25) is 10.0 Å². The number of ether oxygens (including phenoxy) is 1. The molecule has 0 fully saturated rings. The van der Waals surface area contributed by atoms with Crippen LogP contribution in [0.3, 0.4) is 0 Å². The van der Waals surface area contributed by atoms with Crippen LogP contribution in [0.5, 0.6) is 5.75 Å². The number of rotatable bonds is 4. The molecule has 1 unspecified atom stereocenters. The van der Waals surface area contributed by atoms with Crippen LogP contribution in [-0.4, -0.2) is 7.11 Å². The van der Waals surface area contributed by atoms with Crippen molar-refractivity contribution in [3.63, 3.8) is 0 Å². The molecule has 102 valence electrons. The summed E-state index contributed by atoms with van der Waals surface area (Å²) in [4.78, 5) is 0. The average molecular weight is 307 g/mol. The van der Waals surface area contributed by atoms with E-state index in [0.717, 1.165) is 5.69 Å². The second-order valence-electron chi connectivity index (χ2n) is 4.10. The fourth-order valence-corrected chi connectivity index (χ4v) is 2.31. The van der Waals surface area contributed by atoms with Gasteiger partial charge in [0.15, 0.2) is 0 Å². The van der Waals surface area contributed by atoms with Gasteiger partial charge in [-0.1, -0.05) is 35.3 Å². The molecule has 0 aliphatic heterocycles. The molecule has 0 spiro atoms. The van der Waals surface area contributed by atoms with Crippen LogP contribution in [0.1, 0.15) is 11.6 Å². The van der Waals surface area contributed by atoms with E-state index in [1.807, 2.05) is 24.3 Å². The second-order valence-corrected chi connectivity index (χ2v) is 4.95. The number of nitrogens with zero attached hydrogens (tertiary/aromatic N) is 1. The number of halogens is 2. The smallest absolute Gasteiger partial charge is 0.141 e. The molecule has 3 nitrogen and oxygen atoms in total. The minimum atomic E-state index is -0.563. The van der Waals surface area contributed by atoms with Crippen LogP contribution in [0.25, 0.3) is 0 Å². The number of nitrogens with one attached hydrogen (secondary N) is 1. The van der Waals surface area contributed by atoms with Gasteiger partial charge < -0.3 is 10.1 Å². The Morgan fingerprint density at radius 1 is 1.20 bits per heavy atom. The molecule has 2 aromatic carbocycles. The molecule has 2 rings (SSSR count).